The van der Waals surface area contributed by atoms with E-state index in [4.69, 9.17) is 44.4 Å². The maximum Gasteiger partial charge on any atom is 0.145 e. The minimum absolute atomic E-state index is 0.156. The molecule has 3 aromatic carbocycles. The van der Waals surface area contributed by atoms with E-state index < -0.39 is 6.10 Å². The molecule has 2 unspecified atom stereocenters. The van der Waals surface area contributed by atoms with E-state index in [9.17, 15) is 5.11 Å². The number of aliphatic hydroxyl groups is 1. The van der Waals surface area contributed by atoms with Crippen molar-refractivity contribution in [1.82, 2.24) is 4.90 Å². The maximum atomic E-state index is 10.7. The monoisotopic (exact) mass is 532 g/mol. The van der Waals surface area contributed by atoms with Crippen LogP contribution < -0.4 is 0 Å². The van der Waals surface area contributed by atoms with Gasteiger partial charge in [0.2, 0.25) is 0 Å². The number of halogens is 3. The molecule has 3 aromatic rings. The highest BCUT2D eigenvalue weighted by Gasteiger charge is 2.26. The van der Waals surface area contributed by atoms with Crippen LogP contribution in [0.3, 0.4) is 0 Å². The quantitative estimate of drug-likeness (QED) is 0.318. The van der Waals surface area contributed by atoms with Gasteiger partial charge in [-0.3, -0.25) is 4.90 Å². The third kappa shape index (κ3) is 7.94. The number of nitrogens with zero attached hydrogens (tertiary/aromatic N) is 2. The first-order valence-electron chi connectivity index (χ1n) is 11.4. The molecule has 1 N–H and O–H groups in total. The molecule has 1 aliphatic heterocycles. The van der Waals surface area contributed by atoms with E-state index in [2.05, 4.69) is 10.1 Å². The Hall–Kier alpha value is -2.12. The Labute approximate surface area is 220 Å². The lowest BCUT2D eigenvalue weighted by atomic mass is 10.0. The summed E-state index contributed by atoms with van der Waals surface area (Å²) in [5, 5.41) is 16.6. The molecule has 0 radical (unpaired) electrons. The molecule has 0 aliphatic carbocycles. The summed E-state index contributed by atoms with van der Waals surface area (Å²) in [6.45, 7) is 2.30. The Morgan fingerprint density at radius 3 is 2.54 bits per heavy atom. The van der Waals surface area contributed by atoms with Gasteiger partial charge >= 0.3 is 0 Å². The average molecular weight is 534 g/mol. The molecule has 1 aliphatic rings. The van der Waals surface area contributed by atoms with Crippen LogP contribution >= 0.6 is 34.8 Å². The van der Waals surface area contributed by atoms with Gasteiger partial charge in [0.1, 0.15) is 6.10 Å². The molecule has 0 saturated heterocycles. The summed E-state index contributed by atoms with van der Waals surface area (Å²) in [5.41, 5.74) is 3.83. The minimum Gasteiger partial charge on any atom is -0.390 e. The number of rotatable bonds is 11. The lowest BCUT2D eigenvalue weighted by Gasteiger charge is -2.27. The van der Waals surface area contributed by atoms with Crippen molar-refractivity contribution in [2.24, 2.45) is 5.16 Å². The van der Waals surface area contributed by atoms with E-state index in [1.54, 1.807) is 12.1 Å². The van der Waals surface area contributed by atoms with Gasteiger partial charge in [-0.1, -0.05) is 88.5 Å². The summed E-state index contributed by atoms with van der Waals surface area (Å²) in [7, 11) is 0. The van der Waals surface area contributed by atoms with Gasteiger partial charge in [-0.2, -0.15) is 0 Å². The number of aliphatic hydroxyl groups excluding tert-OH is 1. The average Bonchev–Trinajstić information content (AvgIpc) is 3.30. The first-order chi connectivity index (χ1) is 17.0. The number of oxime groups is 1. The van der Waals surface area contributed by atoms with E-state index in [-0.39, 0.29) is 12.7 Å². The predicted octanol–water partition coefficient (Wildman–Crippen LogP) is 6.22. The molecule has 1 heterocycles. The van der Waals surface area contributed by atoms with Gasteiger partial charge in [0.15, 0.2) is 0 Å². The van der Waals surface area contributed by atoms with Crippen LogP contribution in [0.1, 0.15) is 23.1 Å². The smallest absolute Gasteiger partial charge is 0.145 e. The van der Waals surface area contributed by atoms with Crippen LogP contribution in [0, 0.1) is 0 Å². The molecule has 35 heavy (non-hydrogen) atoms. The zero-order valence-electron chi connectivity index (χ0n) is 19.1. The molecule has 5 nitrogen and oxygen atoms in total. The molecule has 4 rings (SSSR count). The molecule has 8 heteroatoms. The highest BCUT2D eigenvalue weighted by Crippen LogP contribution is 2.26. The van der Waals surface area contributed by atoms with Gasteiger partial charge in [-0.15, -0.1) is 0 Å². The highest BCUT2D eigenvalue weighted by atomic mass is 35.5. The third-order valence-electron chi connectivity index (χ3n) is 5.63. The van der Waals surface area contributed by atoms with Crippen LogP contribution in [0.4, 0.5) is 0 Å². The SMILES string of the molecule is OC(COCc1ccccc1)CN(Cc1cccc(Cl)c1)CC1CC(c2ccc(Cl)c(Cl)c2)=NO1. The minimum atomic E-state index is -0.658. The molecule has 184 valence electrons. The molecule has 2 atom stereocenters. The summed E-state index contributed by atoms with van der Waals surface area (Å²) in [6, 6.07) is 23.1. The van der Waals surface area contributed by atoms with Crippen molar-refractivity contribution >= 4 is 40.5 Å². The molecule has 0 saturated carbocycles. The van der Waals surface area contributed by atoms with Crippen molar-refractivity contribution in [2.75, 3.05) is 19.7 Å². The Bertz CT molecular complexity index is 1140. The van der Waals surface area contributed by atoms with Crippen LogP contribution in [0.25, 0.3) is 0 Å². The fourth-order valence-corrected chi connectivity index (χ4v) is 4.51. The van der Waals surface area contributed by atoms with Gasteiger partial charge in [0.05, 0.1) is 35.1 Å². The normalized spacial score (nSPS) is 16.3. The van der Waals surface area contributed by atoms with E-state index in [1.165, 1.54) is 0 Å². The van der Waals surface area contributed by atoms with Crippen molar-refractivity contribution in [3.63, 3.8) is 0 Å². The Kier molecular flexibility index (Phi) is 9.44. The van der Waals surface area contributed by atoms with Crippen LogP contribution in [0.15, 0.2) is 78.0 Å². The largest absolute Gasteiger partial charge is 0.390 e. The van der Waals surface area contributed by atoms with Gasteiger partial charge < -0.3 is 14.7 Å². The first kappa shape index (κ1) is 26.0. The van der Waals surface area contributed by atoms with Crippen molar-refractivity contribution in [1.29, 1.82) is 0 Å². The molecular formula is C27H27Cl3N2O3. The maximum absolute atomic E-state index is 10.7. The summed E-state index contributed by atoms with van der Waals surface area (Å²) in [4.78, 5) is 7.87. The lowest BCUT2D eigenvalue weighted by Crippen LogP contribution is -2.39. The molecule has 0 amide bonds. The summed E-state index contributed by atoms with van der Waals surface area (Å²) in [5.74, 6) is 0. The van der Waals surface area contributed by atoms with Crippen LogP contribution in [0.2, 0.25) is 15.1 Å². The van der Waals surface area contributed by atoms with E-state index in [0.29, 0.717) is 47.7 Å². The third-order valence-corrected chi connectivity index (χ3v) is 6.61. The van der Waals surface area contributed by atoms with E-state index >= 15 is 0 Å². The lowest BCUT2D eigenvalue weighted by molar-refractivity contribution is -0.00648. The number of ether oxygens (including phenoxy) is 1. The Balaban J connectivity index is 1.35. The van der Waals surface area contributed by atoms with Crippen LogP contribution in [-0.2, 0) is 22.7 Å². The van der Waals surface area contributed by atoms with Crippen molar-refractivity contribution < 1.29 is 14.7 Å². The van der Waals surface area contributed by atoms with Crippen molar-refractivity contribution in [2.45, 2.75) is 31.8 Å². The topological polar surface area (TPSA) is 54.3 Å². The number of hydrogen-bond acceptors (Lipinski definition) is 5. The van der Waals surface area contributed by atoms with Crippen molar-refractivity contribution in [3.05, 3.63) is 105 Å². The molecular weight excluding hydrogens is 507 g/mol. The Morgan fingerprint density at radius 1 is 0.971 bits per heavy atom. The second-order valence-corrected chi connectivity index (χ2v) is 9.83. The first-order valence-corrected chi connectivity index (χ1v) is 12.5. The molecule has 0 fully saturated rings. The highest BCUT2D eigenvalue weighted by molar-refractivity contribution is 6.42. The standard InChI is InChI=1S/C27H27Cl3N2O3/c28-22-8-4-7-20(11-22)14-32(15-23(33)18-34-17-19-5-2-1-3-6-19)16-24-13-27(31-35-24)21-9-10-25(29)26(30)12-21/h1-12,23-24,33H,13-18H2. The zero-order valence-corrected chi connectivity index (χ0v) is 21.4. The van der Waals surface area contributed by atoms with Gasteiger partial charge in [-0.05, 0) is 35.4 Å². The zero-order chi connectivity index (χ0) is 24.6. The fraction of sp³-hybridized carbons (Fsp3) is 0.296. The number of benzene rings is 3. The fourth-order valence-electron chi connectivity index (χ4n) is 4.00. The predicted molar refractivity (Wildman–Crippen MR) is 141 cm³/mol. The van der Waals surface area contributed by atoms with Crippen molar-refractivity contribution in [3.8, 4) is 0 Å². The van der Waals surface area contributed by atoms with E-state index in [0.717, 1.165) is 22.4 Å². The van der Waals surface area contributed by atoms with Crippen LogP contribution in [0.5, 0.6) is 0 Å². The summed E-state index contributed by atoms with van der Waals surface area (Å²) < 4.78 is 5.74. The second-order valence-electron chi connectivity index (χ2n) is 8.58. The summed E-state index contributed by atoms with van der Waals surface area (Å²) >= 11 is 18.4. The molecule has 0 bridgehead atoms. The second kappa shape index (κ2) is 12.7. The molecule has 0 spiro atoms. The van der Waals surface area contributed by atoms with Gasteiger partial charge in [-0.25, -0.2) is 0 Å². The summed E-state index contributed by atoms with van der Waals surface area (Å²) in [6.07, 6.45) is -0.184. The van der Waals surface area contributed by atoms with Crippen LogP contribution in [-0.4, -0.2) is 47.6 Å². The number of hydrogen-bond donors (Lipinski definition) is 1. The van der Waals surface area contributed by atoms with Gasteiger partial charge in [0, 0.05) is 36.6 Å². The van der Waals surface area contributed by atoms with E-state index in [1.807, 2.05) is 60.7 Å². The van der Waals surface area contributed by atoms with Gasteiger partial charge in [0.25, 0.3) is 0 Å². The molecule has 0 aromatic heterocycles. The Morgan fingerprint density at radius 2 is 1.77 bits per heavy atom.